The van der Waals surface area contributed by atoms with Gasteiger partial charge in [0.25, 0.3) is 0 Å². The average Bonchev–Trinajstić information content (AvgIpc) is 3.05. The van der Waals surface area contributed by atoms with E-state index in [1.54, 1.807) is 7.11 Å². The molecule has 4 nitrogen and oxygen atoms in total. The summed E-state index contributed by atoms with van der Waals surface area (Å²) in [7, 11) is 1.66. The zero-order valence-electron chi connectivity index (χ0n) is 15.7. The van der Waals surface area contributed by atoms with Crippen molar-refractivity contribution >= 4 is 17.7 Å². The fourth-order valence-electron chi connectivity index (χ4n) is 4.22. The lowest BCUT2D eigenvalue weighted by Crippen LogP contribution is -2.58. The molecule has 2 aromatic carbocycles. The number of ether oxygens (including phenoxy) is 1. The van der Waals surface area contributed by atoms with Crippen LogP contribution in [0.2, 0.25) is 0 Å². The Morgan fingerprint density at radius 1 is 1.15 bits per heavy atom. The van der Waals surface area contributed by atoms with E-state index in [0.29, 0.717) is 6.54 Å². The zero-order chi connectivity index (χ0) is 18.5. The summed E-state index contributed by atoms with van der Waals surface area (Å²) in [6.45, 7) is 6.90. The molecule has 0 aromatic heterocycles. The molecule has 4 rings (SSSR count). The molecular formula is C22H24N2O2. The van der Waals surface area contributed by atoms with E-state index in [4.69, 9.17) is 4.74 Å². The number of carbonyl (C=O) groups excluding carboxylic acids is 1. The summed E-state index contributed by atoms with van der Waals surface area (Å²) >= 11 is 0. The highest BCUT2D eigenvalue weighted by Crippen LogP contribution is 2.53. The van der Waals surface area contributed by atoms with E-state index in [9.17, 15) is 4.79 Å². The predicted molar refractivity (Wildman–Crippen MR) is 104 cm³/mol. The number of rotatable bonds is 3. The van der Waals surface area contributed by atoms with Gasteiger partial charge in [-0.15, -0.1) is 0 Å². The minimum Gasteiger partial charge on any atom is -0.497 e. The van der Waals surface area contributed by atoms with Gasteiger partial charge in [0.15, 0.2) is 0 Å². The Bertz CT molecular complexity index is 899. The van der Waals surface area contributed by atoms with Gasteiger partial charge in [-0.1, -0.05) is 49.8 Å². The first-order chi connectivity index (χ1) is 12.4. The van der Waals surface area contributed by atoms with Crippen LogP contribution in [0.25, 0.3) is 6.08 Å². The number of anilines is 1. The molecule has 1 amide bonds. The van der Waals surface area contributed by atoms with Crippen LogP contribution < -0.4 is 15.0 Å². The quantitative estimate of drug-likeness (QED) is 0.921. The van der Waals surface area contributed by atoms with E-state index in [-0.39, 0.29) is 11.3 Å². The Labute approximate surface area is 154 Å². The molecule has 1 fully saturated rings. The first-order valence-electron chi connectivity index (χ1n) is 8.90. The monoisotopic (exact) mass is 348 g/mol. The molecule has 2 heterocycles. The number of amides is 1. The Hall–Kier alpha value is -2.75. The van der Waals surface area contributed by atoms with Crippen molar-refractivity contribution < 1.29 is 9.53 Å². The van der Waals surface area contributed by atoms with E-state index >= 15 is 0 Å². The summed E-state index contributed by atoms with van der Waals surface area (Å²) in [6.07, 6.45) is 4.22. The van der Waals surface area contributed by atoms with Gasteiger partial charge in [0.2, 0.25) is 5.91 Å². The van der Waals surface area contributed by atoms with Crippen LogP contribution in [-0.2, 0) is 10.2 Å². The van der Waals surface area contributed by atoms with E-state index in [1.807, 2.05) is 24.3 Å². The van der Waals surface area contributed by atoms with Crippen LogP contribution in [0, 0.1) is 6.92 Å². The molecule has 0 unspecified atom stereocenters. The third-order valence-corrected chi connectivity index (χ3v) is 5.76. The summed E-state index contributed by atoms with van der Waals surface area (Å²) < 4.78 is 5.23. The van der Waals surface area contributed by atoms with Crippen molar-refractivity contribution in [1.82, 2.24) is 5.32 Å². The Kier molecular flexibility index (Phi) is 3.62. The second kappa shape index (κ2) is 5.63. The first-order valence-corrected chi connectivity index (χ1v) is 8.90. The van der Waals surface area contributed by atoms with Gasteiger partial charge in [-0.25, -0.2) is 0 Å². The van der Waals surface area contributed by atoms with Crippen molar-refractivity contribution in [3.05, 3.63) is 65.2 Å². The van der Waals surface area contributed by atoms with Gasteiger partial charge in [0.05, 0.1) is 13.7 Å². The molecule has 1 saturated heterocycles. The lowest BCUT2D eigenvalue weighted by molar-refractivity contribution is -0.118. The Morgan fingerprint density at radius 3 is 2.58 bits per heavy atom. The van der Waals surface area contributed by atoms with Crippen molar-refractivity contribution in [1.29, 1.82) is 0 Å². The number of aryl methyl sites for hydroxylation is 1. The van der Waals surface area contributed by atoms with Crippen LogP contribution in [0.15, 0.2) is 48.5 Å². The number of nitrogens with zero attached hydrogens (tertiary/aromatic N) is 1. The van der Waals surface area contributed by atoms with Gasteiger partial charge in [-0.3, -0.25) is 4.79 Å². The zero-order valence-corrected chi connectivity index (χ0v) is 15.7. The highest BCUT2D eigenvalue weighted by Gasteiger charge is 2.59. The van der Waals surface area contributed by atoms with Gasteiger partial charge in [-0.05, 0) is 42.3 Å². The third kappa shape index (κ3) is 2.25. The van der Waals surface area contributed by atoms with Crippen LogP contribution in [-0.4, -0.2) is 25.2 Å². The van der Waals surface area contributed by atoms with E-state index in [2.05, 4.69) is 61.3 Å². The van der Waals surface area contributed by atoms with Crippen molar-refractivity contribution in [3.63, 3.8) is 0 Å². The summed E-state index contributed by atoms with van der Waals surface area (Å²) in [4.78, 5) is 14.5. The second-order valence-electron chi connectivity index (χ2n) is 7.65. The smallest absolute Gasteiger partial charge is 0.241 e. The number of methoxy groups -OCH3 is 1. The van der Waals surface area contributed by atoms with Crippen LogP contribution in [0.5, 0.6) is 5.75 Å². The molecule has 26 heavy (non-hydrogen) atoms. The summed E-state index contributed by atoms with van der Waals surface area (Å²) in [5, 5.41) is 3.25. The van der Waals surface area contributed by atoms with Gasteiger partial charge in [0.1, 0.15) is 11.4 Å². The van der Waals surface area contributed by atoms with Crippen LogP contribution >= 0.6 is 0 Å². The van der Waals surface area contributed by atoms with Gasteiger partial charge in [0, 0.05) is 11.1 Å². The summed E-state index contributed by atoms with van der Waals surface area (Å²) in [5.74, 6) is 0.892. The number of hydrogen-bond donors (Lipinski definition) is 1. The average molecular weight is 348 g/mol. The fraction of sp³-hybridized carbons (Fsp3) is 0.318. The second-order valence-corrected chi connectivity index (χ2v) is 7.65. The molecule has 134 valence electrons. The molecule has 0 radical (unpaired) electrons. The normalized spacial score (nSPS) is 23.1. The molecule has 2 aromatic rings. The topological polar surface area (TPSA) is 41.6 Å². The number of carbonyl (C=O) groups is 1. The molecule has 2 aliphatic heterocycles. The number of benzene rings is 2. The molecule has 4 heteroatoms. The predicted octanol–water partition coefficient (Wildman–Crippen LogP) is 3.64. The van der Waals surface area contributed by atoms with Gasteiger partial charge >= 0.3 is 0 Å². The van der Waals surface area contributed by atoms with Crippen molar-refractivity contribution in [3.8, 4) is 5.75 Å². The number of nitrogens with one attached hydrogen (secondary N) is 1. The number of hydrogen-bond acceptors (Lipinski definition) is 3. The van der Waals surface area contributed by atoms with Crippen LogP contribution in [0.4, 0.5) is 5.69 Å². The molecule has 0 bridgehead atoms. The summed E-state index contributed by atoms with van der Waals surface area (Å²) in [6, 6.07) is 14.4. The Balaban J connectivity index is 1.79. The fourth-order valence-corrected chi connectivity index (χ4v) is 4.22. The van der Waals surface area contributed by atoms with Gasteiger partial charge in [-0.2, -0.15) is 0 Å². The van der Waals surface area contributed by atoms with E-state index in [0.717, 1.165) is 17.0 Å². The molecular weight excluding hydrogens is 324 g/mol. The van der Waals surface area contributed by atoms with Crippen LogP contribution in [0.1, 0.15) is 30.5 Å². The summed E-state index contributed by atoms with van der Waals surface area (Å²) in [5.41, 5.74) is 3.92. The van der Waals surface area contributed by atoms with Crippen molar-refractivity contribution in [2.75, 3.05) is 18.6 Å². The van der Waals surface area contributed by atoms with E-state index < -0.39 is 5.66 Å². The lowest BCUT2D eigenvalue weighted by atomic mass is 9.75. The molecule has 1 atom stereocenters. The third-order valence-electron chi connectivity index (χ3n) is 5.76. The SMILES string of the molecule is COc1ccc(C=C[C@@]23NC(=O)CN2c2ccc(C)cc2C3(C)C)cc1. The number of fused-ring (bicyclic) bond motifs is 3. The van der Waals surface area contributed by atoms with E-state index in [1.165, 1.54) is 11.1 Å². The highest BCUT2D eigenvalue weighted by atomic mass is 16.5. The molecule has 1 N–H and O–H groups in total. The highest BCUT2D eigenvalue weighted by molar-refractivity contribution is 5.91. The minimum atomic E-state index is -0.555. The van der Waals surface area contributed by atoms with Crippen LogP contribution in [0.3, 0.4) is 0 Å². The van der Waals surface area contributed by atoms with Gasteiger partial charge < -0.3 is 15.0 Å². The molecule has 2 aliphatic rings. The lowest BCUT2D eigenvalue weighted by Gasteiger charge is -2.40. The minimum absolute atomic E-state index is 0.0590. The maximum absolute atomic E-state index is 12.3. The maximum Gasteiger partial charge on any atom is 0.241 e. The largest absolute Gasteiger partial charge is 0.497 e. The van der Waals surface area contributed by atoms with Crippen molar-refractivity contribution in [2.45, 2.75) is 31.8 Å². The molecule has 0 saturated carbocycles. The Morgan fingerprint density at radius 2 is 1.88 bits per heavy atom. The van der Waals surface area contributed by atoms with Crippen molar-refractivity contribution in [2.24, 2.45) is 0 Å². The standard InChI is InChI=1S/C22H24N2O2/c1-15-5-10-19-18(13-15)21(2,3)22(23-20(25)14-24(19)22)12-11-16-6-8-17(26-4)9-7-16/h5-13H,14H2,1-4H3,(H,23,25)/t22-/m1/s1. The molecule has 0 spiro atoms. The molecule has 0 aliphatic carbocycles. The maximum atomic E-state index is 12.3. The first kappa shape index (κ1) is 16.7.